The first-order chi connectivity index (χ1) is 11.5. The van der Waals surface area contributed by atoms with E-state index < -0.39 is 0 Å². The highest BCUT2D eigenvalue weighted by molar-refractivity contribution is 6.35. The van der Waals surface area contributed by atoms with Crippen molar-refractivity contribution in [1.82, 2.24) is 19.7 Å². The average Bonchev–Trinajstić information content (AvgIpc) is 2.94. The van der Waals surface area contributed by atoms with Crippen molar-refractivity contribution < 1.29 is 4.39 Å². The van der Waals surface area contributed by atoms with Gasteiger partial charge in [0.15, 0.2) is 5.82 Å². The Morgan fingerprint density at radius 3 is 2.67 bits per heavy atom. The largest absolute Gasteiger partial charge is 0.382 e. The van der Waals surface area contributed by atoms with E-state index in [0.717, 1.165) is 16.9 Å². The zero-order chi connectivity index (χ0) is 17.3. The highest BCUT2D eigenvalue weighted by atomic mass is 35.5. The van der Waals surface area contributed by atoms with Gasteiger partial charge < -0.3 is 11.1 Å². The number of nitrogens with one attached hydrogen (secondary N) is 1. The molecule has 8 heteroatoms. The maximum atomic E-state index is 13.1. The fourth-order valence-corrected chi connectivity index (χ4v) is 2.61. The third kappa shape index (κ3) is 3.03. The van der Waals surface area contributed by atoms with Gasteiger partial charge >= 0.3 is 0 Å². The first kappa shape index (κ1) is 16.2. The Morgan fingerprint density at radius 2 is 1.96 bits per heavy atom. The lowest BCUT2D eigenvalue weighted by molar-refractivity contribution is 0.627. The summed E-state index contributed by atoms with van der Waals surface area (Å²) < 4.78 is 14.8. The van der Waals surface area contributed by atoms with E-state index in [0.29, 0.717) is 5.82 Å². The van der Waals surface area contributed by atoms with E-state index in [1.54, 1.807) is 23.0 Å². The van der Waals surface area contributed by atoms with Gasteiger partial charge in [-0.1, -0.05) is 11.6 Å². The Bertz CT molecular complexity index is 862. The van der Waals surface area contributed by atoms with Crippen LogP contribution in [0.3, 0.4) is 0 Å². The molecule has 0 saturated heterocycles. The van der Waals surface area contributed by atoms with Crippen LogP contribution in [0.15, 0.2) is 36.8 Å². The molecule has 2 aromatic heterocycles. The molecular formula is C16H16ClFN6. The molecule has 1 atom stereocenters. The van der Waals surface area contributed by atoms with Crippen LogP contribution in [0.4, 0.5) is 16.0 Å². The number of nitrogens with zero attached hydrogens (tertiary/aromatic N) is 4. The van der Waals surface area contributed by atoms with Crippen LogP contribution >= 0.6 is 11.6 Å². The first-order valence-corrected chi connectivity index (χ1v) is 7.68. The van der Waals surface area contributed by atoms with E-state index in [1.165, 1.54) is 18.5 Å². The molecule has 3 aromatic rings. The zero-order valence-electron chi connectivity index (χ0n) is 13.2. The van der Waals surface area contributed by atoms with E-state index in [9.17, 15) is 4.39 Å². The number of benzene rings is 1. The van der Waals surface area contributed by atoms with Gasteiger partial charge in [0.2, 0.25) is 0 Å². The number of hydrogen-bond acceptors (Lipinski definition) is 5. The second-order valence-corrected chi connectivity index (χ2v) is 5.74. The van der Waals surface area contributed by atoms with Crippen LogP contribution in [-0.2, 0) is 0 Å². The number of hydrogen-bond donors (Lipinski definition) is 2. The first-order valence-electron chi connectivity index (χ1n) is 7.30. The molecule has 0 amide bonds. The summed E-state index contributed by atoms with van der Waals surface area (Å²) in [5.41, 5.74) is 8.37. The SMILES string of the molecule is Cc1c(C(C)Nc2ncnc(N)c2Cl)cnn1-c1ccc(F)cc1. The van der Waals surface area contributed by atoms with Crippen molar-refractivity contribution in [3.63, 3.8) is 0 Å². The third-order valence-corrected chi connectivity index (χ3v) is 4.13. The number of rotatable bonds is 4. The zero-order valence-corrected chi connectivity index (χ0v) is 13.9. The monoisotopic (exact) mass is 346 g/mol. The van der Waals surface area contributed by atoms with Crippen molar-refractivity contribution in [3.8, 4) is 5.69 Å². The van der Waals surface area contributed by atoms with Gasteiger partial charge in [-0.2, -0.15) is 5.10 Å². The van der Waals surface area contributed by atoms with Crippen LogP contribution < -0.4 is 11.1 Å². The predicted octanol–water partition coefficient (Wildman–Crippen LogP) is 3.52. The molecule has 0 saturated carbocycles. The van der Waals surface area contributed by atoms with Crippen LogP contribution in [0.2, 0.25) is 5.02 Å². The normalized spacial score (nSPS) is 12.2. The van der Waals surface area contributed by atoms with Crippen molar-refractivity contribution in [3.05, 3.63) is 58.9 Å². The number of aromatic nitrogens is 4. The summed E-state index contributed by atoms with van der Waals surface area (Å²) in [5, 5.41) is 7.87. The quantitative estimate of drug-likeness (QED) is 0.755. The van der Waals surface area contributed by atoms with Gasteiger partial charge in [-0.3, -0.25) is 0 Å². The molecule has 0 fully saturated rings. The summed E-state index contributed by atoms with van der Waals surface area (Å²) in [6.07, 6.45) is 3.11. The van der Waals surface area contributed by atoms with Crippen LogP contribution in [-0.4, -0.2) is 19.7 Å². The van der Waals surface area contributed by atoms with Crippen LogP contribution in [0.25, 0.3) is 5.69 Å². The van der Waals surface area contributed by atoms with E-state index in [4.69, 9.17) is 17.3 Å². The predicted molar refractivity (Wildman–Crippen MR) is 91.8 cm³/mol. The number of anilines is 2. The maximum Gasteiger partial charge on any atom is 0.150 e. The Balaban J connectivity index is 1.87. The minimum Gasteiger partial charge on any atom is -0.382 e. The second kappa shape index (κ2) is 6.45. The Morgan fingerprint density at radius 1 is 1.25 bits per heavy atom. The van der Waals surface area contributed by atoms with Gasteiger partial charge in [0.05, 0.1) is 17.9 Å². The molecule has 0 bridgehead atoms. The summed E-state index contributed by atoms with van der Waals surface area (Å²) in [7, 11) is 0. The van der Waals surface area contributed by atoms with Gasteiger partial charge in [-0.15, -0.1) is 0 Å². The van der Waals surface area contributed by atoms with Gasteiger partial charge in [0.25, 0.3) is 0 Å². The molecular weight excluding hydrogens is 331 g/mol. The molecule has 0 radical (unpaired) electrons. The van der Waals surface area contributed by atoms with Crippen LogP contribution in [0.1, 0.15) is 24.2 Å². The van der Waals surface area contributed by atoms with Crippen molar-refractivity contribution >= 4 is 23.2 Å². The molecule has 0 spiro atoms. The summed E-state index contributed by atoms with van der Waals surface area (Å²) in [5.74, 6) is 0.403. The fraction of sp³-hybridized carbons (Fsp3) is 0.188. The van der Waals surface area contributed by atoms with Crippen LogP contribution in [0.5, 0.6) is 0 Å². The maximum absolute atomic E-state index is 13.1. The van der Waals surface area contributed by atoms with Crippen molar-refractivity contribution in [2.75, 3.05) is 11.1 Å². The lowest BCUT2D eigenvalue weighted by Gasteiger charge is -2.16. The summed E-state index contributed by atoms with van der Waals surface area (Å²) in [6.45, 7) is 3.91. The van der Waals surface area contributed by atoms with Gasteiger partial charge in [-0.25, -0.2) is 19.0 Å². The smallest absolute Gasteiger partial charge is 0.150 e. The average molecular weight is 347 g/mol. The van der Waals surface area contributed by atoms with E-state index >= 15 is 0 Å². The number of halogens is 2. The standard InChI is InChI=1S/C16H16ClFN6/c1-9(23-16-14(17)15(19)20-8-21-16)13-7-22-24(10(13)2)12-5-3-11(18)4-6-12/h3-9H,1-2H3,(H3,19,20,21,23). The highest BCUT2D eigenvalue weighted by Gasteiger charge is 2.16. The highest BCUT2D eigenvalue weighted by Crippen LogP contribution is 2.28. The summed E-state index contributed by atoms with van der Waals surface area (Å²) >= 11 is 6.11. The van der Waals surface area contributed by atoms with E-state index in [-0.39, 0.29) is 22.7 Å². The molecule has 3 N–H and O–H groups in total. The molecule has 24 heavy (non-hydrogen) atoms. The Hall–Kier alpha value is -2.67. The number of nitrogens with two attached hydrogens (primary N) is 1. The minimum absolute atomic E-state index is 0.106. The Labute approximate surface area is 143 Å². The molecule has 1 unspecified atom stereocenters. The van der Waals surface area contributed by atoms with E-state index in [2.05, 4.69) is 20.4 Å². The molecule has 124 valence electrons. The van der Waals surface area contributed by atoms with Crippen molar-refractivity contribution in [1.29, 1.82) is 0 Å². The van der Waals surface area contributed by atoms with Crippen molar-refractivity contribution in [2.24, 2.45) is 0 Å². The summed E-state index contributed by atoms with van der Waals surface area (Å²) in [6, 6.07) is 6.06. The molecule has 6 nitrogen and oxygen atoms in total. The molecule has 0 aliphatic carbocycles. The van der Waals surface area contributed by atoms with Crippen molar-refractivity contribution in [2.45, 2.75) is 19.9 Å². The second-order valence-electron chi connectivity index (χ2n) is 5.36. The lowest BCUT2D eigenvalue weighted by Crippen LogP contribution is -2.10. The van der Waals surface area contributed by atoms with E-state index in [1.807, 2.05) is 13.8 Å². The van der Waals surface area contributed by atoms with Gasteiger partial charge in [-0.05, 0) is 38.1 Å². The summed E-state index contributed by atoms with van der Waals surface area (Å²) in [4.78, 5) is 7.94. The van der Waals surface area contributed by atoms with Gasteiger partial charge in [0, 0.05) is 11.3 Å². The fourth-order valence-electron chi connectivity index (χ4n) is 2.46. The minimum atomic E-state index is -0.283. The lowest BCUT2D eigenvalue weighted by atomic mass is 10.1. The molecule has 0 aliphatic heterocycles. The molecule has 0 aliphatic rings. The molecule has 3 rings (SSSR count). The van der Waals surface area contributed by atoms with Crippen LogP contribution in [0, 0.1) is 12.7 Å². The molecule has 2 heterocycles. The van der Waals surface area contributed by atoms with Gasteiger partial charge in [0.1, 0.15) is 23.0 Å². The topological polar surface area (TPSA) is 81.7 Å². The Kier molecular flexibility index (Phi) is 4.35. The number of nitrogen functional groups attached to an aromatic ring is 1. The third-order valence-electron chi connectivity index (χ3n) is 3.76. The molecule has 1 aromatic carbocycles.